The Balaban J connectivity index is 1.31. The average Bonchev–Trinajstić information content (AvgIpc) is 3.31. The minimum Gasteiger partial charge on any atom is -0.420 e. The highest BCUT2D eigenvalue weighted by molar-refractivity contribution is 7.98. The van der Waals surface area contributed by atoms with Crippen LogP contribution in [0.4, 0.5) is 5.95 Å². The summed E-state index contributed by atoms with van der Waals surface area (Å²) in [6, 6.07) is 7.99. The zero-order chi connectivity index (χ0) is 19.8. The van der Waals surface area contributed by atoms with Gasteiger partial charge in [-0.3, -0.25) is 4.57 Å². The van der Waals surface area contributed by atoms with Crippen LogP contribution in [0.15, 0.2) is 33.8 Å². The number of hydrogen-bond donors (Lipinski definition) is 0. The fraction of sp³-hybridized carbons (Fsp3) is 0.500. The molecule has 0 amide bonds. The number of thioether (sulfide) groups is 1. The lowest BCUT2D eigenvalue weighted by Gasteiger charge is -2.31. The molecule has 152 valence electrons. The van der Waals surface area contributed by atoms with Crippen molar-refractivity contribution in [2.24, 2.45) is 5.92 Å². The lowest BCUT2D eigenvalue weighted by Crippen LogP contribution is -2.34. The minimum atomic E-state index is 0.443. The first-order chi connectivity index (χ1) is 14.2. The number of hydrogen-bond acceptors (Lipinski definition) is 7. The highest BCUT2D eigenvalue weighted by atomic mass is 35.5. The molecule has 9 heteroatoms. The standard InChI is InChI=1S/C20H23ClN6OS/c1-13-8-10-26(11-9-13)19-24-25-20(27(19)14-6-7-14)29-12-17-22-23-18(28-17)15-4-2-3-5-16(15)21/h2-5,13-14H,6-12H2,1H3. The lowest BCUT2D eigenvalue weighted by atomic mass is 10.00. The van der Waals surface area contributed by atoms with E-state index in [1.54, 1.807) is 11.8 Å². The van der Waals surface area contributed by atoms with Crippen LogP contribution in [0.2, 0.25) is 5.02 Å². The first-order valence-corrected chi connectivity index (χ1v) is 11.5. The Morgan fingerprint density at radius 3 is 2.62 bits per heavy atom. The third kappa shape index (κ3) is 4.00. The smallest absolute Gasteiger partial charge is 0.249 e. The molecular weight excluding hydrogens is 408 g/mol. The maximum atomic E-state index is 6.23. The van der Waals surface area contributed by atoms with Crippen LogP contribution in [0.5, 0.6) is 0 Å². The molecule has 1 saturated carbocycles. The summed E-state index contributed by atoms with van der Waals surface area (Å²) in [7, 11) is 0. The van der Waals surface area contributed by atoms with Crippen LogP contribution in [0.3, 0.4) is 0 Å². The lowest BCUT2D eigenvalue weighted by molar-refractivity contribution is 0.429. The number of piperidine rings is 1. The van der Waals surface area contributed by atoms with Crippen molar-refractivity contribution >= 4 is 29.3 Å². The van der Waals surface area contributed by atoms with Gasteiger partial charge in [-0.2, -0.15) is 0 Å². The summed E-state index contributed by atoms with van der Waals surface area (Å²) in [6.45, 7) is 4.44. The summed E-state index contributed by atoms with van der Waals surface area (Å²) in [6.07, 6.45) is 4.82. The number of benzene rings is 1. The molecule has 1 aliphatic heterocycles. The van der Waals surface area contributed by atoms with Crippen LogP contribution in [-0.2, 0) is 5.75 Å². The van der Waals surface area contributed by atoms with Crippen molar-refractivity contribution in [1.29, 1.82) is 0 Å². The molecule has 2 aliphatic rings. The van der Waals surface area contributed by atoms with Gasteiger partial charge in [-0.15, -0.1) is 20.4 Å². The molecule has 1 aliphatic carbocycles. The van der Waals surface area contributed by atoms with Gasteiger partial charge in [-0.1, -0.05) is 42.4 Å². The number of nitrogens with zero attached hydrogens (tertiary/aromatic N) is 6. The maximum absolute atomic E-state index is 6.23. The topological polar surface area (TPSA) is 72.9 Å². The van der Waals surface area contributed by atoms with Crippen molar-refractivity contribution in [2.75, 3.05) is 18.0 Å². The highest BCUT2D eigenvalue weighted by Gasteiger charge is 2.32. The van der Waals surface area contributed by atoms with Crippen LogP contribution in [0, 0.1) is 5.92 Å². The van der Waals surface area contributed by atoms with Gasteiger partial charge in [0.1, 0.15) is 0 Å². The number of rotatable bonds is 6. The van der Waals surface area contributed by atoms with E-state index in [2.05, 4.69) is 36.8 Å². The molecule has 0 radical (unpaired) electrons. The van der Waals surface area contributed by atoms with E-state index in [4.69, 9.17) is 16.0 Å². The minimum absolute atomic E-state index is 0.443. The quantitative estimate of drug-likeness (QED) is 0.517. The van der Waals surface area contributed by atoms with Gasteiger partial charge in [0.25, 0.3) is 0 Å². The van der Waals surface area contributed by atoms with Gasteiger partial charge >= 0.3 is 0 Å². The number of anilines is 1. The largest absolute Gasteiger partial charge is 0.420 e. The molecule has 0 unspecified atom stereocenters. The van der Waals surface area contributed by atoms with Gasteiger partial charge in [0, 0.05) is 19.1 Å². The summed E-state index contributed by atoms with van der Waals surface area (Å²) in [4.78, 5) is 2.39. The van der Waals surface area contributed by atoms with E-state index >= 15 is 0 Å². The summed E-state index contributed by atoms with van der Waals surface area (Å²) >= 11 is 7.83. The van der Waals surface area contributed by atoms with Crippen molar-refractivity contribution in [3.8, 4) is 11.5 Å². The van der Waals surface area contributed by atoms with Crippen molar-refractivity contribution in [1.82, 2.24) is 25.0 Å². The maximum Gasteiger partial charge on any atom is 0.249 e. The zero-order valence-corrected chi connectivity index (χ0v) is 17.9. The Labute approximate surface area is 178 Å². The van der Waals surface area contributed by atoms with Gasteiger partial charge < -0.3 is 9.32 Å². The first-order valence-electron chi connectivity index (χ1n) is 10.1. The van der Waals surface area contributed by atoms with Crippen molar-refractivity contribution in [3.63, 3.8) is 0 Å². The summed E-state index contributed by atoms with van der Waals surface area (Å²) in [5.41, 5.74) is 0.751. The van der Waals surface area contributed by atoms with E-state index in [1.807, 2.05) is 24.3 Å². The second kappa shape index (κ2) is 7.99. The second-order valence-corrected chi connectivity index (χ2v) is 9.17. The van der Waals surface area contributed by atoms with Gasteiger partial charge in [-0.25, -0.2) is 0 Å². The van der Waals surface area contributed by atoms with Crippen LogP contribution >= 0.6 is 23.4 Å². The van der Waals surface area contributed by atoms with Crippen LogP contribution in [0.1, 0.15) is 44.5 Å². The van der Waals surface area contributed by atoms with E-state index < -0.39 is 0 Å². The molecule has 0 N–H and O–H groups in total. The molecular formula is C20H23ClN6OS. The Bertz CT molecular complexity index is 993. The molecule has 2 aromatic heterocycles. The predicted molar refractivity (Wildman–Crippen MR) is 113 cm³/mol. The molecule has 29 heavy (non-hydrogen) atoms. The second-order valence-electron chi connectivity index (χ2n) is 7.82. The normalized spacial score (nSPS) is 17.8. The van der Waals surface area contributed by atoms with E-state index in [0.717, 1.165) is 35.7 Å². The average molecular weight is 431 g/mol. The van der Waals surface area contributed by atoms with Crippen molar-refractivity contribution in [3.05, 3.63) is 35.2 Å². The summed E-state index contributed by atoms with van der Waals surface area (Å²) in [5.74, 6) is 3.37. The summed E-state index contributed by atoms with van der Waals surface area (Å²) in [5, 5.41) is 18.9. The number of halogens is 1. The summed E-state index contributed by atoms with van der Waals surface area (Å²) < 4.78 is 8.14. The van der Waals surface area contributed by atoms with Crippen molar-refractivity contribution < 1.29 is 4.42 Å². The highest BCUT2D eigenvalue weighted by Crippen LogP contribution is 2.42. The van der Waals surface area contributed by atoms with E-state index in [1.165, 1.54) is 25.7 Å². The molecule has 3 heterocycles. The predicted octanol–water partition coefficient (Wildman–Crippen LogP) is 4.85. The Morgan fingerprint density at radius 2 is 1.86 bits per heavy atom. The zero-order valence-electron chi connectivity index (χ0n) is 16.3. The van der Waals surface area contributed by atoms with Gasteiger partial charge in [0.15, 0.2) is 5.16 Å². The van der Waals surface area contributed by atoms with Gasteiger partial charge in [0.2, 0.25) is 17.7 Å². The third-order valence-electron chi connectivity index (χ3n) is 5.52. The molecule has 5 rings (SSSR count). The van der Waals surface area contributed by atoms with Gasteiger partial charge in [0.05, 0.1) is 16.3 Å². The van der Waals surface area contributed by atoms with Gasteiger partial charge in [-0.05, 0) is 43.7 Å². The molecule has 0 bridgehead atoms. The molecule has 0 atom stereocenters. The number of aromatic nitrogens is 5. The Hall–Kier alpha value is -2.06. The fourth-order valence-corrected chi connectivity index (χ4v) is 4.68. The molecule has 0 spiro atoms. The molecule has 3 aromatic rings. The molecule has 2 fully saturated rings. The Morgan fingerprint density at radius 1 is 1.07 bits per heavy atom. The van der Waals surface area contributed by atoms with E-state index in [9.17, 15) is 0 Å². The van der Waals surface area contributed by atoms with Crippen LogP contribution in [-0.4, -0.2) is 38.1 Å². The van der Waals surface area contributed by atoms with E-state index in [-0.39, 0.29) is 0 Å². The fourth-order valence-electron chi connectivity index (χ4n) is 3.63. The SMILES string of the molecule is CC1CCN(c2nnc(SCc3nnc(-c4ccccc4Cl)o3)n2C2CC2)CC1. The molecule has 1 aromatic carbocycles. The van der Waals surface area contributed by atoms with Crippen molar-refractivity contribution in [2.45, 2.75) is 49.6 Å². The third-order valence-corrected chi connectivity index (χ3v) is 6.78. The Kier molecular flexibility index (Phi) is 5.22. The monoisotopic (exact) mass is 430 g/mol. The van der Waals surface area contributed by atoms with Crippen LogP contribution < -0.4 is 4.90 Å². The first kappa shape index (κ1) is 18.9. The molecule has 1 saturated heterocycles. The van der Waals surface area contributed by atoms with E-state index in [0.29, 0.717) is 28.6 Å². The molecule has 7 nitrogen and oxygen atoms in total. The van der Waals surface area contributed by atoms with Crippen LogP contribution in [0.25, 0.3) is 11.5 Å².